The summed E-state index contributed by atoms with van der Waals surface area (Å²) in [6.45, 7) is 7.76. The van der Waals surface area contributed by atoms with Crippen molar-refractivity contribution in [1.29, 1.82) is 0 Å². The fraction of sp³-hybridized carbons (Fsp3) is 0.562. The molecule has 0 saturated carbocycles. The number of ether oxygens (including phenoxy) is 1. The molecule has 3 nitrogen and oxygen atoms in total. The van der Waals surface area contributed by atoms with Crippen LogP contribution >= 0.6 is 11.9 Å². The Balaban J connectivity index is 1.91. The van der Waals surface area contributed by atoms with E-state index in [1.807, 2.05) is 30.3 Å². The normalized spacial score (nSPS) is 22.1. The van der Waals surface area contributed by atoms with Crippen molar-refractivity contribution >= 4 is 18.0 Å². The maximum absolute atomic E-state index is 12.2. The van der Waals surface area contributed by atoms with E-state index in [-0.39, 0.29) is 11.5 Å². The molecule has 20 heavy (non-hydrogen) atoms. The summed E-state index contributed by atoms with van der Waals surface area (Å²) >= 11 is 1.60. The largest absolute Gasteiger partial charge is 0.444 e. The van der Waals surface area contributed by atoms with E-state index in [2.05, 4.69) is 20.8 Å². The molecule has 1 aromatic carbocycles. The van der Waals surface area contributed by atoms with E-state index in [4.69, 9.17) is 4.74 Å². The van der Waals surface area contributed by atoms with Crippen molar-refractivity contribution in [3.05, 3.63) is 35.9 Å². The minimum absolute atomic E-state index is 0.148. The molecular formula is C16H23NO2S. The first-order valence-electron chi connectivity index (χ1n) is 7.07. The summed E-state index contributed by atoms with van der Waals surface area (Å²) in [5.74, 6) is 1.60. The molecule has 1 fully saturated rings. The second-order valence-electron chi connectivity index (χ2n) is 6.35. The third-order valence-corrected chi connectivity index (χ3v) is 4.70. The lowest BCUT2D eigenvalue weighted by Gasteiger charge is -2.28. The van der Waals surface area contributed by atoms with Crippen LogP contribution < -0.4 is 0 Å². The highest BCUT2D eigenvalue weighted by molar-refractivity contribution is 7.97. The summed E-state index contributed by atoms with van der Waals surface area (Å²) in [5, 5.41) is 0. The van der Waals surface area contributed by atoms with Gasteiger partial charge in [-0.25, -0.2) is 4.79 Å². The van der Waals surface area contributed by atoms with E-state index in [0.717, 1.165) is 24.3 Å². The standard InChI is InChI=1S/C16H23NO2S/c1-13-9-16(2,3)12-17(20-11-13)15(18)19-10-14-7-5-4-6-8-14/h4-8,13H,9-12H2,1-3H3. The summed E-state index contributed by atoms with van der Waals surface area (Å²) in [6, 6.07) is 9.80. The van der Waals surface area contributed by atoms with Crippen LogP contribution in [0, 0.1) is 11.3 Å². The third-order valence-electron chi connectivity index (χ3n) is 3.40. The quantitative estimate of drug-likeness (QED) is 0.760. The van der Waals surface area contributed by atoms with Crippen LogP contribution in [0.3, 0.4) is 0 Å². The summed E-state index contributed by atoms with van der Waals surface area (Å²) < 4.78 is 7.20. The molecule has 1 aromatic rings. The van der Waals surface area contributed by atoms with Gasteiger partial charge in [0.2, 0.25) is 0 Å². The summed E-state index contributed by atoms with van der Waals surface area (Å²) in [4.78, 5) is 12.2. The molecular weight excluding hydrogens is 270 g/mol. The summed E-state index contributed by atoms with van der Waals surface area (Å²) in [6.07, 6.45) is 0.920. The first kappa shape index (κ1) is 15.2. The van der Waals surface area contributed by atoms with Gasteiger partial charge in [0.1, 0.15) is 6.61 Å². The van der Waals surface area contributed by atoms with Gasteiger partial charge in [-0.2, -0.15) is 0 Å². The molecule has 1 atom stereocenters. The lowest BCUT2D eigenvalue weighted by atomic mass is 9.84. The molecule has 0 aromatic heterocycles. The average Bonchev–Trinajstić information content (AvgIpc) is 2.54. The van der Waals surface area contributed by atoms with Gasteiger partial charge in [0, 0.05) is 12.3 Å². The van der Waals surface area contributed by atoms with E-state index in [0.29, 0.717) is 12.5 Å². The lowest BCUT2D eigenvalue weighted by molar-refractivity contribution is 0.111. The minimum Gasteiger partial charge on any atom is -0.444 e. The fourth-order valence-electron chi connectivity index (χ4n) is 2.63. The van der Waals surface area contributed by atoms with E-state index < -0.39 is 0 Å². The lowest BCUT2D eigenvalue weighted by Crippen LogP contribution is -2.33. The van der Waals surface area contributed by atoms with Crippen LogP contribution in [-0.4, -0.2) is 22.7 Å². The molecule has 1 aliphatic rings. The minimum atomic E-state index is -0.221. The van der Waals surface area contributed by atoms with Crippen LogP contribution in [0.5, 0.6) is 0 Å². The first-order chi connectivity index (χ1) is 9.46. The van der Waals surface area contributed by atoms with Crippen molar-refractivity contribution in [2.24, 2.45) is 11.3 Å². The average molecular weight is 293 g/mol. The second kappa shape index (κ2) is 6.53. The molecule has 1 aliphatic heterocycles. The zero-order valence-corrected chi connectivity index (χ0v) is 13.3. The fourth-order valence-corrected chi connectivity index (χ4v) is 3.78. The Labute approximate surface area is 125 Å². The Bertz CT molecular complexity index is 447. The van der Waals surface area contributed by atoms with Gasteiger partial charge in [-0.1, -0.05) is 51.1 Å². The number of carbonyl (C=O) groups is 1. The number of rotatable bonds is 2. The predicted octanol–water partition coefficient (Wildman–Crippen LogP) is 4.34. The van der Waals surface area contributed by atoms with Gasteiger partial charge in [-0.05, 0) is 35.3 Å². The molecule has 110 valence electrons. The number of carbonyl (C=O) groups excluding carboxylic acids is 1. The molecule has 0 N–H and O–H groups in total. The van der Waals surface area contributed by atoms with Crippen LogP contribution in [-0.2, 0) is 11.3 Å². The van der Waals surface area contributed by atoms with Crippen LogP contribution in [0.2, 0.25) is 0 Å². The van der Waals surface area contributed by atoms with Gasteiger partial charge >= 0.3 is 6.09 Å². The summed E-state index contributed by atoms with van der Waals surface area (Å²) in [7, 11) is 0. The number of nitrogens with zero attached hydrogens (tertiary/aromatic N) is 1. The molecule has 2 rings (SSSR count). The van der Waals surface area contributed by atoms with Crippen LogP contribution in [0.4, 0.5) is 4.79 Å². The Morgan fingerprint density at radius 3 is 2.80 bits per heavy atom. The number of benzene rings is 1. The van der Waals surface area contributed by atoms with Gasteiger partial charge in [-0.3, -0.25) is 4.31 Å². The van der Waals surface area contributed by atoms with Crippen molar-refractivity contribution in [2.45, 2.75) is 33.8 Å². The van der Waals surface area contributed by atoms with Gasteiger partial charge in [-0.15, -0.1) is 0 Å². The smallest absolute Gasteiger partial charge is 0.420 e. The van der Waals surface area contributed by atoms with Crippen LogP contribution in [0.25, 0.3) is 0 Å². The number of hydrogen-bond donors (Lipinski definition) is 0. The molecule has 0 radical (unpaired) electrons. The maximum atomic E-state index is 12.2. The van der Waals surface area contributed by atoms with Crippen molar-refractivity contribution < 1.29 is 9.53 Å². The Morgan fingerprint density at radius 2 is 2.10 bits per heavy atom. The number of amides is 1. The van der Waals surface area contributed by atoms with E-state index in [9.17, 15) is 4.79 Å². The van der Waals surface area contributed by atoms with Gasteiger partial charge < -0.3 is 4.74 Å². The molecule has 0 spiro atoms. The van der Waals surface area contributed by atoms with Gasteiger partial charge in [0.15, 0.2) is 0 Å². The van der Waals surface area contributed by atoms with Crippen molar-refractivity contribution in [2.75, 3.05) is 12.3 Å². The second-order valence-corrected chi connectivity index (χ2v) is 7.38. The van der Waals surface area contributed by atoms with Crippen LogP contribution in [0.15, 0.2) is 30.3 Å². The molecule has 0 aliphatic carbocycles. The van der Waals surface area contributed by atoms with Crippen molar-refractivity contribution in [3.8, 4) is 0 Å². The van der Waals surface area contributed by atoms with Crippen LogP contribution in [0.1, 0.15) is 32.8 Å². The highest BCUT2D eigenvalue weighted by atomic mass is 32.2. The van der Waals surface area contributed by atoms with Crippen molar-refractivity contribution in [1.82, 2.24) is 4.31 Å². The molecule has 1 heterocycles. The topological polar surface area (TPSA) is 29.5 Å². The molecule has 1 saturated heterocycles. The van der Waals surface area contributed by atoms with E-state index in [1.54, 1.807) is 16.3 Å². The Hall–Kier alpha value is -1.16. The first-order valence-corrected chi connectivity index (χ1v) is 8.02. The SMILES string of the molecule is CC1CSN(C(=O)OCc2ccccc2)CC(C)(C)C1. The maximum Gasteiger partial charge on any atom is 0.420 e. The third kappa shape index (κ3) is 4.44. The Morgan fingerprint density at radius 1 is 1.40 bits per heavy atom. The zero-order valence-electron chi connectivity index (χ0n) is 12.5. The molecule has 1 amide bonds. The number of hydrogen-bond acceptors (Lipinski definition) is 3. The van der Waals surface area contributed by atoms with E-state index >= 15 is 0 Å². The molecule has 4 heteroatoms. The summed E-state index contributed by atoms with van der Waals surface area (Å²) in [5.41, 5.74) is 1.17. The predicted molar refractivity (Wildman–Crippen MR) is 83.4 cm³/mol. The van der Waals surface area contributed by atoms with E-state index in [1.165, 1.54) is 0 Å². The Kier molecular flexibility index (Phi) is 4.97. The highest BCUT2D eigenvalue weighted by Gasteiger charge is 2.31. The zero-order chi connectivity index (χ0) is 14.6. The van der Waals surface area contributed by atoms with Gasteiger partial charge in [0.05, 0.1) is 0 Å². The monoisotopic (exact) mass is 293 g/mol. The molecule has 0 bridgehead atoms. The molecule has 1 unspecified atom stereocenters. The van der Waals surface area contributed by atoms with Gasteiger partial charge in [0.25, 0.3) is 0 Å². The van der Waals surface area contributed by atoms with Crippen molar-refractivity contribution in [3.63, 3.8) is 0 Å². The highest BCUT2D eigenvalue weighted by Crippen LogP contribution is 2.35.